The van der Waals surface area contributed by atoms with E-state index in [0.717, 1.165) is 16.3 Å². The maximum Gasteiger partial charge on any atom is 0.213 e. The lowest BCUT2D eigenvalue weighted by Crippen LogP contribution is -1.84. The summed E-state index contributed by atoms with van der Waals surface area (Å²) >= 11 is 1.70. The summed E-state index contributed by atoms with van der Waals surface area (Å²) < 4.78 is 3.20. The lowest BCUT2D eigenvalue weighted by Gasteiger charge is -1.92. The van der Waals surface area contributed by atoms with Crippen molar-refractivity contribution < 1.29 is 0 Å². The van der Waals surface area contributed by atoms with E-state index in [9.17, 15) is 0 Å². The number of thiazole rings is 1. The molecule has 0 aliphatic rings. The van der Waals surface area contributed by atoms with Gasteiger partial charge in [0.25, 0.3) is 0 Å². The van der Waals surface area contributed by atoms with Crippen LogP contribution in [0.2, 0.25) is 0 Å². The summed E-state index contributed by atoms with van der Waals surface area (Å²) in [6.07, 6.45) is 0. The number of aryl methyl sites for hydroxylation is 2. The molecule has 2 aromatic heterocycles. The van der Waals surface area contributed by atoms with Gasteiger partial charge >= 0.3 is 0 Å². The van der Waals surface area contributed by atoms with E-state index in [-0.39, 0.29) is 0 Å². The molecule has 0 aliphatic heterocycles. The Kier molecular flexibility index (Phi) is 1.44. The molecule has 2 heterocycles. The Morgan fingerprint density at radius 1 is 1.29 bits per heavy atom. The maximum atomic E-state index is 4.36. The van der Waals surface area contributed by atoms with E-state index < -0.39 is 0 Å². The van der Waals surface area contributed by atoms with Crippen LogP contribution in [0.1, 0.15) is 11.4 Å². The summed E-state index contributed by atoms with van der Waals surface area (Å²) in [5.41, 5.74) is 2.45. The zero-order valence-corrected chi connectivity index (χ0v) is 8.80. The highest BCUT2D eigenvalue weighted by Gasteiger charge is 2.08. The van der Waals surface area contributed by atoms with E-state index in [2.05, 4.69) is 35.2 Å². The second-order valence-corrected chi connectivity index (χ2v) is 4.36. The van der Waals surface area contributed by atoms with E-state index in [1.165, 1.54) is 10.3 Å². The monoisotopic (exact) mass is 203 g/mol. The topological polar surface area (TPSA) is 30.2 Å². The zero-order chi connectivity index (χ0) is 9.71. The van der Waals surface area contributed by atoms with E-state index >= 15 is 0 Å². The van der Waals surface area contributed by atoms with Crippen LogP contribution in [0.5, 0.6) is 0 Å². The molecule has 14 heavy (non-hydrogen) atoms. The van der Waals surface area contributed by atoms with Gasteiger partial charge < -0.3 is 0 Å². The Morgan fingerprint density at radius 3 is 3.00 bits per heavy atom. The summed E-state index contributed by atoms with van der Waals surface area (Å²) in [5.74, 6) is 0.833. The van der Waals surface area contributed by atoms with E-state index in [1.807, 2.05) is 11.4 Å². The molecule has 70 valence electrons. The van der Waals surface area contributed by atoms with Gasteiger partial charge in [0.05, 0.1) is 10.2 Å². The normalized spacial score (nSPS) is 11.6. The predicted octanol–water partition coefficient (Wildman–Crippen LogP) is 2.56. The van der Waals surface area contributed by atoms with Crippen molar-refractivity contribution in [2.75, 3.05) is 0 Å². The van der Waals surface area contributed by atoms with Crippen LogP contribution in [0.25, 0.3) is 15.2 Å². The van der Waals surface area contributed by atoms with Crippen LogP contribution in [-0.4, -0.2) is 14.6 Å². The summed E-state index contributed by atoms with van der Waals surface area (Å²) in [6, 6.07) is 6.26. The van der Waals surface area contributed by atoms with Crippen LogP contribution in [-0.2, 0) is 0 Å². The van der Waals surface area contributed by atoms with Crippen molar-refractivity contribution in [1.82, 2.24) is 14.6 Å². The molecule has 0 fully saturated rings. The van der Waals surface area contributed by atoms with Gasteiger partial charge in [-0.15, -0.1) is 0 Å². The summed E-state index contributed by atoms with van der Waals surface area (Å²) in [7, 11) is 0. The number of aromatic nitrogens is 3. The van der Waals surface area contributed by atoms with Crippen LogP contribution in [0, 0.1) is 13.8 Å². The largest absolute Gasteiger partial charge is 0.213 e. The Labute approximate surface area is 85.0 Å². The van der Waals surface area contributed by atoms with Gasteiger partial charge in [-0.05, 0) is 25.5 Å². The first kappa shape index (κ1) is 7.94. The Morgan fingerprint density at radius 2 is 2.14 bits per heavy atom. The number of hydrogen-bond donors (Lipinski definition) is 0. The highest BCUT2D eigenvalue weighted by atomic mass is 32.1. The van der Waals surface area contributed by atoms with Gasteiger partial charge in [0, 0.05) is 0 Å². The SMILES string of the molecule is Cc1nc2sc3c(C)cccc3n2n1. The fourth-order valence-corrected chi connectivity index (χ4v) is 2.72. The molecule has 0 N–H and O–H groups in total. The fraction of sp³-hybridized carbons (Fsp3) is 0.200. The molecule has 0 radical (unpaired) electrons. The third-order valence-corrected chi connectivity index (χ3v) is 3.48. The second kappa shape index (κ2) is 2.54. The lowest BCUT2D eigenvalue weighted by molar-refractivity contribution is 0.971. The number of benzene rings is 1. The van der Waals surface area contributed by atoms with Gasteiger partial charge in [-0.25, -0.2) is 9.50 Å². The smallest absolute Gasteiger partial charge is 0.203 e. The molecule has 1 aromatic carbocycles. The molecular formula is C10H9N3S. The van der Waals surface area contributed by atoms with E-state index in [4.69, 9.17) is 0 Å². The van der Waals surface area contributed by atoms with Crippen molar-refractivity contribution in [2.45, 2.75) is 13.8 Å². The third-order valence-electron chi connectivity index (χ3n) is 2.30. The van der Waals surface area contributed by atoms with Gasteiger partial charge in [-0.1, -0.05) is 23.5 Å². The molecule has 0 saturated heterocycles. The first-order valence-corrected chi connectivity index (χ1v) is 5.29. The van der Waals surface area contributed by atoms with Crippen molar-refractivity contribution in [2.24, 2.45) is 0 Å². The predicted molar refractivity (Wildman–Crippen MR) is 57.8 cm³/mol. The quantitative estimate of drug-likeness (QED) is 0.562. The molecule has 3 rings (SSSR count). The third kappa shape index (κ3) is 0.915. The van der Waals surface area contributed by atoms with Crippen molar-refractivity contribution in [3.63, 3.8) is 0 Å². The maximum absolute atomic E-state index is 4.36. The fourth-order valence-electron chi connectivity index (χ4n) is 1.65. The first-order chi connectivity index (χ1) is 6.75. The number of hydrogen-bond acceptors (Lipinski definition) is 3. The highest BCUT2D eigenvalue weighted by Crippen LogP contribution is 2.27. The molecule has 0 amide bonds. The van der Waals surface area contributed by atoms with Crippen molar-refractivity contribution in [3.8, 4) is 0 Å². The van der Waals surface area contributed by atoms with Gasteiger partial charge in [-0.3, -0.25) is 0 Å². The van der Waals surface area contributed by atoms with Gasteiger partial charge in [0.15, 0.2) is 0 Å². The van der Waals surface area contributed by atoms with Crippen LogP contribution < -0.4 is 0 Å². The van der Waals surface area contributed by atoms with Crippen LogP contribution in [0.4, 0.5) is 0 Å². The molecule has 0 saturated carbocycles. The number of nitrogens with zero attached hydrogens (tertiary/aromatic N) is 3. The first-order valence-electron chi connectivity index (χ1n) is 4.47. The molecule has 0 atom stereocenters. The minimum atomic E-state index is 0.833. The summed E-state index contributed by atoms with van der Waals surface area (Å²) in [5, 5.41) is 4.36. The number of rotatable bonds is 0. The number of fused-ring (bicyclic) bond motifs is 3. The van der Waals surface area contributed by atoms with Gasteiger partial charge in [0.1, 0.15) is 5.82 Å². The van der Waals surface area contributed by atoms with Crippen molar-refractivity contribution >= 4 is 26.5 Å². The molecule has 3 nitrogen and oxygen atoms in total. The Hall–Kier alpha value is -1.42. The molecule has 0 spiro atoms. The average Bonchev–Trinajstić information content (AvgIpc) is 2.63. The standard InChI is InChI=1S/C10H9N3S/c1-6-4-3-5-8-9(6)14-10-11-7(2)12-13(8)10/h3-5H,1-2H3. The van der Waals surface area contributed by atoms with Crippen LogP contribution in [0.3, 0.4) is 0 Å². The Bertz CT molecular complexity index is 621. The van der Waals surface area contributed by atoms with Gasteiger partial charge in [0.2, 0.25) is 4.96 Å². The molecule has 3 aromatic rings. The minimum absolute atomic E-state index is 0.833. The summed E-state index contributed by atoms with van der Waals surface area (Å²) in [6.45, 7) is 4.03. The summed E-state index contributed by atoms with van der Waals surface area (Å²) in [4.78, 5) is 5.34. The Balaban J connectivity index is 2.59. The average molecular weight is 203 g/mol. The molecule has 4 heteroatoms. The second-order valence-electron chi connectivity index (χ2n) is 3.38. The van der Waals surface area contributed by atoms with Crippen LogP contribution in [0.15, 0.2) is 18.2 Å². The highest BCUT2D eigenvalue weighted by molar-refractivity contribution is 7.23. The molecular weight excluding hydrogens is 194 g/mol. The molecule has 0 bridgehead atoms. The van der Waals surface area contributed by atoms with Gasteiger partial charge in [-0.2, -0.15) is 5.10 Å². The minimum Gasteiger partial charge on any atom is -0.203 e. The van der Waals surface area contributed by atoms with Crippen LogP contribution >= 0.6 is 11.3 Å². The van der Waals surface area contributed by atoms with Crippen molar-refractivity contribution in [1.29, 1.82) is 0 Å². The zero-order valence-electron chi connectivity index (χ0n) is 7.98. The molecule has 0 unspecified atom stereocenters. The van der Waals surface area contributed by atoms with E-state index in [1.54, 1.807) is 11.3 Å². The molecule has 0 aliphatic carbocycles. The lowest BCUT2D eigenvalue weighted by atomic mass is 10.2. The van der Waals surface area contributed by atoms with Crippen molar-refractivity contribution in [3.05, 3.63) is 29.6 Å². The van der Waals surface area contributed by atoms with E-state index in [0.29, 0.717) is 0 Å².